The molecule has 1 aromatic carbocycles. The second kappa shape index (κ2) is 7.57. The van der Waals surface area contributed by atoms with E-state index in [4.69, 9.17) is 14.6 Å². The van der Waals surface area contributed by atoms with E-state index in [1.54, 1.807) is 0 Å². The van der Waals surface area contributed by atoms with Crippen molar-refractivity contribution in [2.45, 2.75) is 45.5 Å². The minimum atomic E-state index is -0.793. The number of carboxylic acid groups (broad SMARTS) is 1. The Morgan fingerprint density at radius 1 is 1.38 bits per heavy atom. The van der Waals surface area contributed by atoms with Crippen molar-refractivity contribution in [3.63, 3.8) is 0 Å². The highest BCUT2D eigenvalue weighted by molar-refractivity contribution is 5.67. The fourth-order valence-electron chi connectivity index (χ4n) is 3.08. The van der Waals surface area contributed by atoms with E-state index in [1.165, 1.54) is 0 Å². The summed E-state index contributed by atoms with van der Waals surface area (Å²) in [6.45, 7) is 5.17. The van der Waals surface area contributed by atoms with Crippen molar-refractivity contribution in [2.24, 2.45) is 11.8 Å². The molecule has 0 amide bonds. The smallest absolute Gasteiger partial charge is 0.303 e. The molecule has 2 rings (SSSR count). The monoisotopic (exact) mass is 292 g/mol. The number of ether oxygens (including phenoxy) is 2. The highest BCUT2D eigenvalue weighted by Crippen LogP contribution is 2.32. The van der Waals surface area contributed by atoms with Crippen molar-refractivity contribution in [3.05, 3.63) is 35.9 Å². The molecule has 116 valence electrons. The number of hydrogen-bond acceptors (Lipinski definition) is 3. The molecule has 0 spiro atoms. The summed E-state index contributed by atoms with van der Waals surface area (Å²) in [4.78, 5) is 11.0. The Bertz CT molecular complexity index is 445. The number of rotatable bonds is 6. The number of benzene rings is 1. The van der Waals surface area contributed by atoms with Gasteiger partial charge in [0.25, 0.3) is 0 Å². The van der Waals surface area contributed by atoms with E-state index in [0.29, 0.717) is 13.2 Å². The molecule has 0 saturated carbocycles. The summed E-state index contributed by atoms with van der Waals surface area (Å²) in [5.74, 6) is -0.667. The second-order valence-corrected chi connectivity index (χ2v) is 5.76. The summed E-state index contributed by atoms with van der Waals surface area (Å²) in [6.07, 6.45) is 1.10. The lowest BCUT2D eigenvalue weighted by Crippen LogP contribution is -2.46. The van der Waals surface area contributed by atoms with Crippen LogP contribution in [0.15, 0.2) is 30.3 Å². The molecule has 0 aromatic heterocycles. The zero-order valence-electron chi connectivity index (χ0n) is 12.7. The fraction of sp³-hybridized carbons (Fsp3) is 0.588. The van der Waals surface area contributed by atoms with E-state index in [2.05, 4.69) is 13.8 Å². The molecule has 4 heteroatoms. The Labute approximate surface area is 126 Å². The maximum absolute atomic E-state index is 11.0. The molecule has 1 aliphatic heterocycles. The van der Waals surface area contributed by atoms with Crippen LogP contribution in [-0.4, -0.2) is 29.9 Å². The third-order valence-electron chi connectivity index (χ3n) is 4.22. The number of aliphatic carboxylic acids is 1. The van der Waals surface area contributed by atoms with Crippen LogP contribution in [0.4, 0.5) is 0 Å². The average molecular weight is 292 g/mol. The average Bonchev–Trinajstić information content (AvgIpc) is 2.47. The van der Waals surface area contributed by atoms with E-state index >= 15 is 0 Å². The molecular weight excluding hydrogens is 268 g/mol. The Balaban J connectivity index is 2.03. The fourth-order valence-corrected chi connectivity index (χ4v) is 3.08. The van der Waals surface area contributed by atoms with Crippen molar-refractivity contribution in [1.82, 2.24) is 0 Å². The van der Waals surface area contributed by atoms with Crippen LogP contribution in [0.2, 0.25) is 0 Å². The van der Waals surface area contributed by atoms with Crippen LogP contribution in [0.1, 0.15) is 32.3 Å². The summed E-state index contributed by atoms with van der Waals surface area (Å²) < 4.78 is 11.9. The highest BCUT2D eigenvalue weighted by Gasteiger charge is 2.38. The molecular formula is C17H24O4. The molecule has 1 N–H and O–H groups in total. The summed E-state index contributed by atoms with van der Waals surface area (Å²) in [5.41, 5.74) is 1.11. The first-order valence-electron chi connectivity index (χ1n) is 7.60. The van der Waals surface area contributed by atoms with Crippen LogP contribution in [-0.2, 0) is 20.9 Å². The van der Waals surface area contributed by atoms with Crippen LogP contribution in [0.5, 0.6) is 0 Å². The largest absolute Gasteiger partial charge is 0.481 e. The lowest BCUT2D eigenvalue weighted by molar-refractivity contribution is -0.163. The molecule has 4 nitrogen and oxygen atoms in total. The van der Waals surface area contributed by atoms with Gasteiger partial charge in [-0.15, -0.1) is 0 Å². The molecule has 21 heavy (non-hydrogen) atoms. The van der Waals surface area contributed by atoms with E-state index in [1.807, 2.05) is 30.3 Å². The van der Waals surface area contributed by atoms with Crippen LogP contribution < -0.4 is 0 Å². The van der Waals surface area contributed by atoms with E-state index in [0.717, 1.165) is 12.0 Å². The second-order valence-electron chi connectivity index (χ2n) is 5.76. The predicted molar refractivity (Wildman–Crippen MR) is 80.0 cm³/mol. The van der Waals surface area contributed by atoms with Gasteiger partial charge in [0.05, 0.1) is 31.8 Å². The summed E-state index contributed by atoms with van der Waals surface area (Å²) in [5, 5.41) is 9.07. The van der Waals surface area contributed by atoms with Crippen molar-refractivity contribution in [3.8, 4) is 0 Å². The van der Waals surface area contributed by atoms with Gasteiger partial charge in [0.15, 0.2) is 0 Å². The molecule has 1 aliphatic rings. The van der Waals surface area contributed by atoms with E-state index in [9.17, 15) is 4.79 Å². The minimum Gasteiger partial charge on any atom is -0.481 e. The SMILES string of the molecule is CC[C@H]1OC[C@@H](CC(=O)O)[C@@H](OCc2ccccc2)[C@H]1C. The first-order valence-corrected chi connectivity index (χ1v) is 7.60. The van der Waals surface area contributed by atoms with Gasteiger partial charge in [0.1, 0.15) is 0 Å². The maximum Gasteiger partial charge on any atom is 0.303 e. The van der Waals surface area contributed by atoms with Crippen molar-refractivity contribution >= 4 is 5.97 Å². The zero-order valence-corrected chi connectivity index (χ0v) is 12.7. The number of carbonyl (C=O) groups is 1. The minimum absolute atomic E-state index is 0.0694. The summed E-state index contributed by atoms with van der Waals surface area (Å²) >= 11 is 0. The Morgan fingerprint density at radius 2 is 2.10 bits per heavy atom. The van der Waals surface area contributed by atoms with Gasteiger partial charge in [-0.3, -0.25) is 4.79 Å². The maximum atomic E-state index is 11.0. The van der Waals surface area contributed by atoms with Crippen molar-refractivity contribution in [2.75, 3.05) is 6.61 Å². The van der Waals surface area contributed by atoms with Crippen LogP contribution in [0.25, 0.3) is 0 Å². The van der Waals surface area contributed by atoms with Crippen molar-refractivity contribution < 1.29 is 19.4 Å². The third-order valence-corrected chi connectivity index (χ3v) is 4.22. The van der Waals surface area contributed by atoms with Gasteiger partial charge >= 0.3 is 5.97 Å². The van der Waals surface area contributed by atoms with Gasteiger partial charge in [-0.1, -0.05) is 44.2 Å². The molecule has 4 atom stereocenters. The zero-order chi connectivity index (χ0) is 15.2. The summed E-state index contributed by atoms with van der Waals surface area (Å²) in [7, 11) is 0. The first-order chi connectivity index (χ1) is 10.1. The first kappa shape index (κ1) is 16.0. The molecule has 0 radical (unpaired) electrons. The summed E-state index contributed by atoms with van der Waals surface area (Å²) in [6, 6.07) is 9.98. The molecule has 1 saturated heterocycles. The third kappa shape index (κ3) is 4.29. The molecule has 1 fully saturated rings. The van der Waals surface area contributed by atoms with Crippen LogP contribution in [0, 0.1) is 11.8 Å². The Hall–Kier alpha value is -1.39. The van der Waals surface area contributed by atoms with Crippen LogP contribution in [0.3, 0.4) is 0 Å². The number of carboxylic acids is 1. The number of hydrogen-bond donors (Lipinski definition) is 1. The van der Waals surface area contributed by atoms with Gasteiger partial charge < -0.3 is 14.6 Å². The molecule has 1 heterocycles. The van der Waals surface area contributed by atoms with E-state index < -0.39 is 5.97 Å². The van der Waals surface area contributed by atoms with Crippen molar-refractivity contribution in [1.29, 1.82) is 0 Å². The lowest BCUT2D eigenvalue weighted by Gasteiger charge is -2.40. The molecule has 0 bridgehead atoms. The van der Waals surface area contributed by atoms with E-state index in [-0.39, 0.29) is 30.5 Å². The molecule has 0 unspecified atom stereocenters. The Morgan fingerprint density at radius 3 is 2.71 bits per heavy atom. The predicted octanol–water partition coefficient (Wildman–Crippen LogP) is 3.11. The molecule has 0 aliphatic carbocycles. The highest BCUT2D eigenvalue weighted by atomic mass is 16.5. The topological polar surface area (TPSA) is 55.8 Å². The van der Waals surface area contributed by atoms with Gasteiger partial charge in [-0.05, 0) is 12.0 Å². The quantitative estimate of drug-likeness (QED) is 0.875. The lowest BCUT2D eigenvalue weighted by atomic mass is 9.83. The van der Waals surface area contributed by atoms with Gasteiger partial charge in [0.2, 0.25) is 0 Å². The molecule has 1 aromatic rings. The standard InChI is InChI=1S/C17H24O4/c1-3-15-12(2)17(14(11-20-15)9-16(18)19)21-10-13-7-5-4-6-8-13/h4-8,12,14-15,17H,3,9-11H2,1-2H3,(H,18,19)/t12-,14+,15+,17-/m0/s1. The van der Waals surface area contributed by atoms with Gasteiger partial charge in [0, 0.05) is 11.8 Å². The van der Waals surface area contributed by atoms with Gasteiger partial charge in [-0.2, -0.15) is 0 Å². The van der Waals surface area contributed by atoms with Gasteiger partial charge in [-0.25, -0.2) is 0 Å². The normalized spacial score (nSPS) is 29.2. The van der Waals surface area contributed by atoms with Crippen LogP contribution >= 0.6 is 0 Å². The Kier molecular flexibility index (Phi) is 5.76.